The van der Waals surface area contributed by atoms with Crippen LogP contribution in [0.2, 0.25) is 0 Å². The Hall–Kier alpha value is -4.07. The van der Waals surface area contributed by atoms with Gasteiger partial charge in [-0.25, -0.2) is 0 Å². The van der Waals surface area contributed by atoms with Crippen LogP contribution in [0.25, 0.3) is 11.1 Å². The lowest BCUT2D eigenvalue weighted by Gasteiger charge is -2.14. The molecule has 34 heavy (non-hydrogen) atoms. The number of carboxylic acid groups (broad SMARTS) is 1. The van der Waals surface area contributed by atoms with Crippen molar-refractivity contribution < 1.29 is 32.3 Å². The zero-order valence-electron chi connectivity index (χ0n) is 17.8. The third kappa shape index (κ3) is 5.64. The van der Waals surface area contributed by atoms with Crippen LogP contribution in [0.15, 0.2) is 89.6 Å². The largest absolute Gasteiger partial charge is 0.489 e. The van der Waals surface area contributed by atoms with Gasteiger partial charge in [-0.3, -0.25) is 4.79 Å². The Labute approximate surface area is 193 Å². The molecule has 0 aliphatic heterocycles. The van der Waals surface area contributed by atoms with Crippen molar-refractivity contribution in [3.05, 3.63) is 108 Å². The Morgan fingerprint density at radius 2 is 1.71 bits per heavy atom. The van der Waals surface area contributed by atoms with Crippen molar-refractivity contribution in [3.63, 3.8) is 0 Å². The van der Waals surface area contributed by atoms with E-state index in [4.69, 9.17) is 9.26 Å². The Morgan fingerprint density at radius 1 is 0.971 bits per heavy atom. The number of carboxylic acids is 1. The van der Waals surface area contributed by atoms with E-state index in [1.165, 1.54) is 18.4 Å². The Balaban J connectivity index is 1.43. The molecule has 3 aromatic carbocycles. The molecule has 5 nitrogen and oxygen atoms in total. The third-order valence-electron chi connectivity index (χ3n) is 5.35. The lowest BCUT2D eigenvalue weighted by molar-refractivity contribution is -0.138. The van der Waals surface area contributed by atoms with Crippen LogP contribution < -0.4 is 4.74 Å². The fourth-order valence-electron chi connectivity index (χ4n) is 3.62. The number of hydrogen-bond acceptors (Lipinski definition) is 4. The highest BCUT2D eigenvalue weighted by atomic mass is 19.4. The van der Waals surface area contributed by atoms with Gasteiger partial charge in [-0.15, -0.1) is 0 Å². The maximum absolute atomic E-state index is 12.8. The molecule has 1 atom stereocenters. The van der Waals surface area contributed by atoms with Gasteiger partial charge in [-0.2, -0.15) is 13.2 Å². The van der Waals surface area contributed by atoms with E-state index in [-0.39, 0.29) is 13.0 Å². The smallest absolute Gasteiger partial charge is 0.416 e. The van der Waals surface area contributed by atoms with Crippen molar-refractivity contribution in [2.45, 2.75) is 25.1 Å². The van der Waals surface area contributed by atoms with Gasteiger partial charge in [-0.05, 0) is 52.6 Å². The molecule has 0 saturated carbocycles. The highest BCUT2D eigenvalue weighted by Crippen LogP contribution is 2.32. The molecule has 0 aliphatic rings. The number of halogens is 3. The van der Waals surface area contributed by atoms with Gasteiger partial charge in [0.15, 0.2) is 0 Å². The Bertz CT molecular complexity index is 1230. The number of alkyl halides is 3. The maximum atomic E-state index is 12.8. The molecule has 8 heteroatoms. The number of rotatable bonds is 8. The summed E-state index contributed by atoms with van der Waals surface area (Å²) in [7, 11) is 0. The van der Waals surface area contributed by atoms with E-state index >= 15 is 0 Å². The van der Waals surface area contributed by atoms with Crippen molar-refractivity contribution in [3.8, 4) is 16.9 Å². The maximum Gasteiger partial charge on any atom is 0.416 e. The van der Waals surface area contributed by atoms with E-state index in [0.717, 1.165) is 28.8 Å². The van der Waals surface area contributed by atoms with Crippen molar-refractivity contribution in [1.29, 1.82) is 0 Å². The van der Waals surface area contributed by atoms with Crippen LogP contribution in [-0.4, -0.2) is 16.2 Å². The minimum Gasteiger partial charge on any atom is -0.489 e. The van der Waals surface area contributed by atoms with Gasteiger partial charge in [0.25, 0.3) is 0 Å². The zero-order valence-corrected chi connectivity index (χ0v) is 17.8. The summed E-state index contributed by atoms with van der Waals surface area (Å²) < 4.78 is 49.1. The topological polar surface area (TPSA) is 72.6 Å². The fraction of sp³-hybridized carbons (Fsp3) is 0.154. The highest BCUT2D eigenvalue weighted by molar-refractivity contribution is 5.69. The van der Waals surface area contributed by atoms with E-state index < -0.39 is 23.6 Å². The van der Waals surface area contributed by atoms with Crippen LogP contribution in [0.5, 0.6) is 5.75 Å². The normalized spacial score (nSPS) is 12.3. The summed E-state index contributed by atoms with van der Waals surface area (Å²) in [6.07, 6.45) is -3.09. The predicted molar refractivity (Wildman–Crippen MR) is 118 cm³/mol. The first-order chi connectivity index (χ1) is 16.3. The van der Waals surface area contributed by atoms with Gasteiger partial charge in [-0.1, -0.05) is 47.6 Å². The first kappa shape index (κ1) is 23.1. The van der Waals surface area contributed by atoms with Gasteiger partial charge in [0.05, 0.1) is 17.7 Å². The SMILES string of the molecule is O=C(O)CC(c1ccc(OCc2cccc(-c3ccc(C(F)(F)F)cc3)c2)cc1)c1ccon1. The minimum atomic E-state index is -4.37. The van der Waals surface area contributed by atoms with Crippen molar-refractivity contribution in [1.82, 2.24) is 5.16 Å². The lowest BCUT2D eigenvalue weighted by atomic mass is 9.92. The summed E-state index contributed by atoms with van der Waals surface area (Å²) in [5.41, 5.74) is 2.94. The van der Waals surface area contributed by atoms with Gasteiger partial charge in [0, 0.05) is 12.0 Å². The summed E-state index contributed by atoms with van der Waals surface area (Å²) in [6.45, 7) is 0.260. The second-order valence-corrected chi connectivity index (χ2v) is 7.71. The molecule has 0 fully saturated rings. The van der Waals surface area contributed by atoms with E-state index in [2.05, 4.69) is 5.16 Å². The summed E-state index contributed by atoms with van der Waals surface area (Å²) in [6, 6.07) is 21.1. The molecule has 0 bridgehead atoms. The number of aliphatic carboxylic acids is 1. The standard InChI is InChI=1S/C26H20F3NO4/c27-26(28,29)21-8-4-18(5-9-21)20-3-1-2-17(14-20)16-33-22-10-6-19(7-11-22)23(15-25(31)32)24-12-13-34-30-24/h1-14,23H,15-16H2,(H,31,32). The molecule has 1 aromatic heterocycles. The molecule has 0 radical (unpaired) electrons. The van der Waals surface area contributed by atoms with E-state index in [9.17, 15) is 23.1 Å². The van der Waals surface area contributed by atoms with Gasteiger partial charge >= 0.3 is 12.1 Å². The van der Waals surface area contributed by atoms with Crippen LogP contribution >= 0.6 is 0 Å². The molecular formula is C26H20F3NO4. The van der Waals surface area contributed by atoms with Crippen LogP contribution in [0, 0.1) is 0 Å². The van der Waals surface area contributed by atoms with Crippen LogP contribution in [0.3, 0.4) is 0 Å². The second kappa shape index (κ2) is 9.82. The second-order valence-electron chi connectivity index (χ2n) is 7.71. The highest BCUT2D eigenvalue weighted by Gasteiger charge is 2.30. The molecule has 1 N–H and O–H groups in total. The number of benzene rings is 3. The van der Waals surface area contributed by atoms with Crippen molar-refractivity contribution >= 4 is 5.97 Å². The molecule has 0 spiro atoms. The predicted octanol–water partition coefficient (Wildman–Crippen LogP) is 6.55. The number of nitrogens with zero attached hydrogens (tertiary/aromatic N) is 1. The Kier molecular flexibility index (Phi) is 6.67. The average Bonchev–Trinajstić information content (AvgIpc) is 3.36. The van der Waals surface area contributed by atoms with Gasteiger partial charge in [0.2, 0.25) is 0 Å². The molecule has 0 amide bonds. The molecule has 1 unspecified atom stereocenters. The average molecular weight is 467 g/mol. The van der Waals surface area contributed by atoms with Crippen LogP contribution in [0.4, 0.5) is 13.2 Å². The molecule has 1 heterocycles. The Morgan fingerprint density at radius 3 is 2.32 bits per heavy atom. The van der Waals surface area contributed by atoms with Crippen molar-refractivity contribution in [2.24, 2.45) is 0 Å². The lowest BCUT2D eigenvalue weighted by Crippen LogP contribution is -2.08. The molecule has 0 saturated heterocycles. The molecule has 4 aromatic rings. The van der Waals surface area contributed by atoms with Gasteiger partial charge in [0.1, 0.15) is 18.6 Å². The first-order valence-corrected chi connectivity index (χ1v) is 10.4. The number of aromatic nitrogens is 1. The van der Waals surface area contributed by atoms with Crippen LogP contribution in [0.1, 0.15) is 34.7 Å². The summed E-state index contributed by atoms with van der Waals surface area (Å²) >= 11 is 0. The quantitative estimate of drug-likeness (QED) is 0.318. The summed E-state index contributed by atoms with van der Waals surface area (Å²) in [4.78, 5) is 11.3. The number of ether oxygens (including phenoxy) is 1. The summed E-state index contributed by atoms with van der Waals surface area (Å²) in [5.74, 6) is -0.787. The fourth-order valence-corrected chi connectivity index (χ4v) is 3.62. The van der Waals surface area contributed by atoms with E-state index in [0.29, 0.717) is 17.0 Å². The van der Waals surface area contributed by atoms with Gasteiger partial charge < -0.3 is 14.4 Å². The molecular weight excluding hydrogens is 447 g/mol. The van der Waals surface area contributed by atoms with E-state index in [1.807, 2.05) is 24.3 Å². The van der Waals surface area contributed by atoms with Crippen LogP contribution in [-0.2, 0) is 17.6 Å². The minimum absolute atomic E-state index is 0.122. The molecule has 4 rings (SSSR count). The number of hydrogen-bond donors (Lipinski definition) is 1. The van der Waals surface area contributed by atoms with E-state index in [1.54, 1.807) is 30.3 Å². The van der Waals surface area contributed by atoms with Crippen molar-refractivity contribution in [2.75, 3.05) is 0 Å². The number of carbonyl (C=O) groups is 1. The monoisotopic (exact) mass is 467 g/mol. The molecule has 0 aliphatic carbocycles. The summed E-state index contributed by atoms with van der Waals surface area (Å²) in [5, 5.41) is 13.1. The first-order valence-electron chi connectivity index (χ1n) is 10.4. The molecule has 174 valence electrons. The third-order valence-corrected chi connectivity index (χ3v) is 5.35. The zero-order chi connectivity index (χ0) is 24.1.